The van der Waals surface area contributed by atoms with Gasteiger partial charge in [0.25, 0.3) is 0 Å². The van der Waals surface area contributed by atoms with Gasteiger partial charge in [-0.3, -0.25) is 5.32 Å². The van der Waals surface area contributed by atoms with Crippen LogP contribution in [-0.2, 0) is 0 Å². The first-order valence-corrected chi connectivity index (χ1v) is 7.59. The van der Waals surface area contributed by atoms with E-state index in [4.69, 9.17) is 0 Å². The lowest BCUT2D eigenvalue weighted by Gasteiger charge is -2.37. The van der Waals surface area contributed by atoms with Crippen molar-refractivity contribution in [1.82, 2.24) is 10.2 Å². The topological polar surface area (TPSA) is 39.1 Å². The predicted molar refractivity (Wildman–Crippen MR) is 74.2 cm³/mol. The summed E-state index contributed by atoms with van der Waals surface area (Å²) in [4.78, 5) is 2.50. The monoisotopic (exact) mass is 249 g/mol. The molecule has 0 aromatic heterocycles. The second kappa shape index (κ2) is 6.04. The van der Waals surface area contributed by atoms with Gasteiger partial charge in [0.15, 0.2) is 0 Å². The van der Waals surface area contributed by atoms with Crippen LogP contribution in [0.4, 0.5) is 0 Å². The van der Waals surface area contributed by atoms with Gasteiger partial charge in [-0.1, -0.05) is 13.8 Å². The smallest absolute Gasteiger partial charge is 0.122 e. The van der Waals surface area contributed by atoms with Gasteiger partial charge in [0, 0.05) is 6.54 Å². The van der Waals surface area contributed by atoms with Crippen molar-refractivity contribution in [3.63, 3.8) is 0 Å². The van der Waals surface area contributed by atoms with Crippen LogP contribution in [0.25, 0.3) is 0 Å². The lowest BCUT2D eigenvalue weighted by molar-refractivity contribution is 0.147. The fourth-order valence-electron chi connectivity index (χ4n) is 2.99. The van der Waals surface area contributed by atoms with Crippen LogP contribution in [0.15, 0.2) is 0 Å². The van der Waals surface area contributed by atoms with Crippen LogP contribution in [0.3, 0.4) is 0 Å². The number of likely N-dealkylation sites (tertiary alicyclic amines) is 1. The Labute approximate surface area is 112 Å². The van der Waals surface area contributed by atoms with E-state index in [0.717, 1.165) is 25.4 Å². The van der Waals surface area contributed by atoms with Gasteiger partial charge in [-0.2, -0.15) is 5.26 Å². The van der Waals surface area contributed by atoms with E-state index in [1.54, 1.807) is 0 Å². The molecular weight excluding hydrogens is 222 g/mol. The zero-order valence-corrected chi connectivity index (χ0v) is 11.9. The van der Waals surface area contributed by atoms with Crippen LogP contribution >= 0.6 is 0 Å². The molecule has 1 heterocycles. The third-order valence-corrected chi connectivity index (χ3v) is 4.51. The molecule has 2 rings (SSSR count). The lowest BCUT2D eigenvalue weighted by Crippen LogP contribution is -2.55. The number of nitrogens with zero attached hydrogens (tertiary/aromatic N) is 2. The quantitative estimate of drug-likeness (QED) is 0.785. The van der Waals surface area contributed by atoms with E-state index in [0.29, 0.717) is 5.92 Å². The van der Waals surface area contributed by atoms with Crippen LogP contribution in [0.2, 0.25) is 0 Å². The maximum atomic E-state index is 9.66. The summed E-state index contributed by atoms with van der Waals surface area (Å²) in [7, 11) is 0. The van der Waals surface area contributed by atoms with Crippen LogP contribution in [0.1, 0.15) is 46.0 Å². The third kappa shape index (κ3) is 3.24. The molecule has 1 atom stereocenters. The van der Waals surface area contributed by atoms with Crippen molar-refractivity contribution in [3.05, 3.63) is 0 Å². The Bertz CT molecular complexity index is 297. The summed E-state index contributed by atoms with van der Waals surface area (Å²) in [5, 5.41) is 13.2. The van der Waals surface area contributed by atoms with E-state index in [1.165, 1.54) is 38.8 Å². The predicted octanol–water partition coefficient (Wildman–Crippen LogP) is 2.39. The normalized spacial score (nSPS) is 25.6. The van der Waals surface area contributed by atoms with Crippen molar-refractivity contribution < 1.29 is 0 Å². The van der Waals surface area contributed by atoms with E-state index < -0.39 is 0 Å². The highest BCUT2D eigenvalue weighted by atomic mass is 15.2. The number of rotatable bonds is 6. The molecule has 3 heteroatoms. The molecule has 0 amide bonds. The first-order chi connectivity index (χ1) is 8.70. The highest BCUT2D eigenvalue weighted by Crippen LogP contribution is 2.40. The first-order valence-electron chi connectivity index (χ1n) is 7.59. The molecule has 0 radical (unpaired) electrons. The molecule has 0 spiro atoms. The molecule has 102 valence electrons. The van der Waals surface area contributed by atoms with E-state index in [9.17, 15) is 5.26 Å². The van der Waals surface area contributed by atoms with Gasteiger partial charge in [-0.05, 0) is 63.6 Å². The Morgan fingerprint density at radius 1 is 1.28 bits per heavy atom. The summed E-state index contributed by atoms with van der Waals surface area (Å²) in [6.45, 7) is 8.75. The second-order valence-corrected chi connectivity index (χ2v) is 6.24. The fourth-order valence-corrected chi connectivity index (χ4v) is 2.99. The summed E-state index contributed by atoms with van der Waals surface area (Å²) in [5.41, 5.74) is -0.267. The average Bonchev–Trinajstić information content (AvgIpc) is 3.22. The molecule has 1 saturated heterocycles. The zero-order valence-electron chi connectivity index (χ0n) is 11.9. The zero-order chi connectivity index (χ0) is 13.0. The molecule has 3 nitrogen and oxygen atoms in total. The van der Waals surface area contributed by atoms with Crippen molar-refractivity contribution in [3.8, 4) is 6.07 Å². The SMILES string of the molecule is CCCNC(C#N)(CN1CCC(C)CC1)C1CC1. The third-order valence-electron chi connectivity index (χ3n) is 4.51. The molecule has 0 aromatic carbocycles. The number of hydrogen-bond donors (Lipinski definition) is 1. The highest BCUT2D eigenvalue weighted by Gasteiger charge is 2.46. The van der Waals surface area contributed by atoms with E-state index in [1.807, 2.05) is 0 Å². The van der Waals surface area contributed by atoms with Gasteiger partial charge < -0.3 is 4.90 Å². The molecule has 1 unspecified atom stereocenters. The van der Waals surface area contributed by atoms with Gasteiger partial charge in [-0.15, -0.1) is 0 Å². The standard InChI is InChI=1S/C15H27N3/c1-3-8-17-15(11-16,14-4-5-14)12-18-9-6-13(2)7-10-18/h13-14,17H,3-10,12H2,1-2H3. The highest BCUT2D eigenvalue weighted by molar-refractivity contribution is 5.16. The van der Waals surface area contributed by atoms with Gasteiger partial charge in [0.05, 0.1) is 6.07 Å². The van der Waals surface area contributed by atoms with Crippen LogP contribution in [0, 0.1) is 23.2 Å². The molecule has 18 heavy (non-hydrogen) atoms. The van der Waals surface area contributed by atoms with Gasteiger partial charge >= 0.3 is 0 Å². The van der Waals surface area contributed by atoms with Crippen molar-refractivity contribution in [2.24, 2.45) is 11.8 Å². The summed E-state index contributed by atoms with van der Waals surface area (Å²) >= 11 is 0. The Morgan fingerprint density at radius 2 is 1.94 bits per heavy atom. The molecule has 0 aromatic rings. The Morgan fingerprint density at radius 3 is 2.44 bits per heavy atom. The van der Waals surface area contributed by atoms with Crippen molar-refractivity contribution >= 4 is 0 Å². The van der Waals surface area contributed by atoms with E-state index >= 15 is 0 Å². The lowest BCUT2D eigenvalue weighted by atomic mass is 9.91. The number of nitriles is 1. The second-order valence-electron chi connectivity index (χ2n) is 6.24. The minimum absolute atomic E-state index is 0.267. The van der Waals surface area contributed by atoms with Crippen LogP contribution in [0.5, 0.6) is 0 Å². The molecular formula is C15H27N3. The molecule has 0 bridgehead atoms. The van der Waals surface area contributed by atoms with Crippen LogP contribution < -0.4 is 5.32 Å². The summed E-state index contributed by atoms with van der Waals surface area (Å²) in [6, 6.07) is 2.62. The first kappa shape index (κ1) is 13.8. The fraction of sp³-hybridized carbons (Fsp3) is 0.933. The summed E-state index contributed by atoms with van der Waals surface area (Å²) in [5.74, 6) is 1.45. The molecule has 2 aliphatic rings. The average molecular weight is 249 g/mol. The Kier molecular flexibility index (Phi) is 4.64. The summed E-state index contributed by atoms with van der Waals surface area (Å²) < 4.78 is 0. The van der Waals surface area contributed by atoms with Crippen molar-refractivity contribution in [2.75, 3.05) is 26.2 Å². The molecule has 1 saturated carbocycles. The molecule has 2 fully saturated rings. The molecule has 1 aliphatic heterocycles. The number of piperidine rings is 1. The minimum Gasteiger partial charge on any atom is -0.300 e. The maximum Gasteiger partial charge on any atom is 0.122 e. The van der Waals surface area contributed by atoms with Crippen molar-refractivity contribution in [1.29, 1.82) is 5.26 Å². The van der Waals surface area contributed by atoms with Gasteiger partial charge in [0.2, 0.25) is 0 Å². The van der Waals surface area contributed by atoms with Gasteiger partial charge in [0.1, 0.15) is 5.54 Å². The van der Waals surface area contributed by atoms with Crippen molar-refractivity contribution in [2.45, 2.75) is 51.5 Å². The molecule has 1 N–H and O–H groups in total. The Hall–Kier alpha value is -0.590. The largest absolute Gasteiger partial charge is 0.300 e. The maximum absolute atomic E-state index is 9.66. The molecule has 1 aliphatic carbocycles. The number of nitrogens with one attached hydrogen (secondary N) is 1. The van der Waals surface area contributed by atoms with Gasteiger partial charge in [-0.25, -0.2) is 0 Å². The number of hydrogen-bond acceptors (Lipinski definition) is 3. The summed E-state index contributed by atoms with van der Waals surface area (Å²) in [6.07, 6.45) is 6.15. The van der Waals surface area contributed by atoms with Crippen LogP contribution in [-0.4, -0.2) is 36.6 Å². The Balaban J connectivity index is 1.94. The minimum atomic E-state index is -0.267. The van der Waals surface area contributed by atoms with E-state index in [-0.39, 0.29) is 5.54 Å². The van der Waals surface area contributed by atoms with E-state index in [2.05, 4.69) is 30.1 Å².